The van der Waals surface area contributed by atoms with E-state index in [2.05, 4.69) is 36.4 Å². The first-order valence-electron chi connectivity index (χ1n) is 5.21. The average Bonchev–Trinajstić information content (AvgIpc) is 2.76. The summed E-state index contributed by atoms with van der Waals surface area (Å²) in [6, 6.07) is 7.47. The molecule has 0 saturated heterocycles. The summed E-state index contributed by atoms with van der Waals surface area (Å²) < 4.78 is 0.858. The van der Waals surface area contributed by atoms with Gasteiger partial charge >= 0.3 is 0 Å². The Morgan fingerprint density at radius 1 is 1.50 bits per heavy atom. The van der Waals surface area contributed by atoms with Gasteiger partial charge in [0, 0.05) is 4.47 Å². The van der Waals surface area contributed by atoms with E-state index in [1.807, 2.05) is 31.2 Å². The fourth-order valence-electron chi connectivity index (χ4n) is 1.27. The van der Waals surface area contributed by atoms with E-state index in [4.69, 9.17) is 0 Å². The maximum atomic E-state index is 11.7. The second-order valence-corrected chi connectivity index (χ2v) is 5.32. The van der Waals surface area contributed by atoms with Gasteiger partial charge in [0.05, 0.1) is 11.4 Å². The predicted octanol–water partition coefficient (Wildman–Crippen LogP) is 2.61. The zero-order chi connectivity index (χ0) is 13.0. The minimum absolute atomic E-state index is 0.0886. The van der Waals surface area contributed by atoms with Crippen molar-refractivity contribution in [2.75, 3.05) is 11.1 Å². The molecule has 1 heterocycles. The predicted molar refractivity (Wildman–Crippen MR) is 74.6 cm³/mol. The van der Waals surface area contributed by atoms with Gasteiger partial charge in [0.1, 0.15) is 5.82 Å². The van der Waals surface area contributed by atoms with Gasteiger partial charge in [-0.25, -0.2) is 4.98 Å². The number of rotatable bonds is 4. The van der Waals surface area contributed by atoms with Crippen molar-refractivity contribution in [2.45, 2.75) is 12.1 Å². The summed E-state index contributed by atoms with van der Waals surface area (Å²) in [6.07, 6.45) is 0. The molecule has 1 aromatic carbocycles. The smallest absolute Gasteiger partial charge is 0.234 e. The Hall–Kier alpha value is -1.34. The number of H-pyrrole nitrogens is 1. The van der Waals surface area contributed by atoms with Crippen molar-refractivity contribution in [3.05, 3.63) is 34.6 Å². The van der Waals surface area contributed by atoms with Crippen LogP contribution in [0.3, 0.4) is 0 Å². The van der Waals surface area contributed by atoms with Crippen molar-refractivity contribution < 1.29 is 4.79 Å². The van der Waals surface area contributed by atoms with Gasteiger partial charge < -0.3 is 5.32 Å². The third-order valence-corrected chi connectivity index (χ3v) is 3.60. The third kappa shape index (κ3) is 3.58. The SMILES string of the molecule is Cc1nc(SCC(=O)Nc2ccccc2Br)n[nH]1. The van der Waals surface area contributed by atoms with E-state index < -0.39 is 0 Å². The highest BCUT2D eigenvalue weighted by molar-refractivity contribution is 9.10. The summed E-state index contributed by atoms with van der Waals surface area (Å²) in [7, 11) is 0. The number of hydrogen-bond donors (Lipinski definition) is 2. The maximum Gasteiger partial charge on any atom is 0.234 e. The number of para-hydroxylation sites is 1. The number of carbonyl (C=O) groups excluding carboxylic acids is 1. The van der Waals surface area contributed by atoms with Crippen LogP contribution in [0.4, 0.5) is 5.69 Å². The minimum atomic E-state index is -0.0886. The first-order valence-corrected chi connectivity index (χ1v) is 6.99. The number of halogens is 1. The van der Waals surface area contributed by atoms with E-state index in [1.165, 1.54) is 11.8 Å². The number of nitrogens with zero attached hydrogens (tertiary/aromatic N) is 2. The molecule has 0 saturated carbocycles. The molecular weight excluding hydrogens is 316 g/mol. The summed E-state index contributed by atoms with van der Waals surface area (Å²) in [4.78, 5) is 15.8. The first kappa shape index (κ1) is 13.1. The summed E-state index contributed by atoms with van der Waals surface area (Å²) in [5.41, 5.74) is 0.759. The van der Waals surface area contributed by atoms with Crippen LogP contribution in [0, 0.1) is 6.92 Å². The van der Waals surface area contributed by atoms with Crippen LogP contribution in [0.2, 0.25) is 0 Å². The van der Waals surface area contributed by atoms with Crippen molar-refractivity contribution in [3.63, 3.8) is 0 Å². The van der Waals surface area contributed by atoms with Crippen LogP contribution in [0.15, 0.2) is 33.9 Å². The fourth-order valence-corrected chi connectivity index (χ4v) is 2.29. The zero-order valence-corrected chi connectivity index (χ0v) is 12.0. The average molecular weight is 327 g/mol. The van der Waals surface area contributed by atoms with Crippen LogP contribution in [-0.2, 0) is 4.79 Å². The van der Waals surface area contributed by atoms with E-state index in [0.29, 0.717) is 5.16 Å². The molecule has 1 amide bonds. The zero-order valence-electron chi connectivity index (χ0n) is 9.61. The molecular formula is C11H11BrN4OS. The van der Waals surface area contributed by atoms with Gasteiger partial charge in [-0.1, -0.05) is 23.9 Å². The van der Waals surface area contributed by atoms with Gasteiger partial charge in [-0.2, -0.15) is 0 Å². The highest BCUT2D eigenvalue weighted by Gasteiger charge is 2.08. The number of amides is 1. The number of anilines is 1. The lowest BCUT2D eigenvalue weighted by molar-refractivity contribution is -0.113. The van der Waals surface area contributed by atoms with Gasteiger partial charge in [-0.05, 0) is 35.0 Å². The number of nitrogens with one attached hydrogen (secondary N) is 2. The first-order chi connectivity index (χ1) is 8.65. The van der Waals surface area contributed by atoms with Crippen molar-refractivity contribution in [3.8, 4) is 0 Å². The normalized spacial score (nSPS) is 10.3. The lowest BCUT2D eigenvalue weighted by Gasteiger charge is -2.05. The van der Waals surface area contributed by atoms with E-state index in [0.717, 1.165) is 16.0 Å². The van der Waals surface area contributed by atoms with E-state index in [1.54, 1.807) is 0 Å². The molecule has 0 atom stereocenters. The molecule has 18 heavy (non-hydrogen) atoms. The van der Waals surface area contributed by atoms with Gasteiger partial charge in [-0.3, -0.25) is 9.89 Å². The number of aromatic nitrogens is 3. The van der Waals surface area contributed by atoms with Gasteiger partial charge in [0.2, 0.25) is 11.1 Å². The third-order valence-electron chi connectivity index (χ3n) is 2.06. The standard InChI is InChI=1S/C11H11BrN4OS/c1-7-13-11(16-15-7)18-6-10(17)14-9-5-3-2-4-8(9)12/h2-5H,6H2,1H3,(H,14,17)(H,13,15,16). The van der Waals surface area contributed by atoms with Crippen molar-refractivity contribution in [1.29, 1.82) is 0 Å². The molecule has 2 rings (SSSR count). The number of aromatic amines is 1. The van der Waals surface area contributed by atoms with E-state index in [9.17, 15) is 4.79 Å². The molecule has 2 N–H and O–H groups in total. The molecule has 5 nitrogen and oxygen atoms in total. The molecule has 0 fully saturated rings. The lowest BCUT2D eigenvalue weighted by Crippen LogP contribution is -2.14. The second-order valence-electron chi connectivity index (χ2n) is 3.52. The van der Waals surface area contributed by atoms with Gasteiger partial charge in [0.25, 0.3) is 0 Å². The molecule has 2 aromatic rings. The monoisotopic (exact) mass is 326 g/mol. The molecule has 94 valence electrons. The summed E-state index contributed by atoms with van der Waals surface area (Å²) >= 11 is 4.67. The Morgan fingerprint density at radius 3 is 2.94 bits per heavy atom. The van der Waals surface area contributed by atoms with Crippen LogP contribution in [0.5, 0.6) is 0 Å². The molecule has 0 bridgehead atoms. The Bertz CT molecular complexity index is 557. The molecule has 0 aliphatic carbocycles. The summed E-state index contributed by atoms with van der Waals surface area (Å²) in [5.74, 6) is 0.927. The van der Waals surface area contributed by atoms with Crippen molar-refractivity contribution in [2.24, 2.45) is 0 Å². The largest absolute Gasteiger partial charge is 0.324 e. The Morgan fingerprint density at radius 2 is 2.28 bits per heavy atom. The van der Waals surface area contributed by atoms with E-state index in [-0.39, 0.29) is 11.7 Å². The molecule has 7 heteroatoms. The molecule has 0 aliphatic heterocycles. The van der Waals surface area contributed by atoms with Crippen molar-refractivity contribution in [1.82, 2.24) is 15.2 Å². The Kier molecular flexibility index (Phi) is 4.38. The van der Waals surface area contributed by atoms with Crippen LogP contribution in [0.25, 0.3) is 0 Å². The van der Waals surface area contributed by atoms with Crippen LogP contribution < -0.4 is 5.32 Å². The highest BCUT2D eigenvalue weighted by atomic mass is 79.9. The minimum Gasteiger partial charge on any atom is -0.324 e. The van der Waals surface area contributed by atoms with Crippen LogP contribution in [-0.4, -0.2) is 26.8 Å². The Balaban J connectivity index is 1.88. The molecule has 0 unspecified atom stereocenters. The highest BCUT2D eigenvalue weighted by Crippen LogP contribution is 2.21. The molecule has 0 spiro atoms. The van der Waals surface area contributed by atoms with Crippen molar-refractivity contribution >= 4 is 39.3 Å². The van der Waals surface area contributed by atoms with E-state index >= 15 is 0 Å². The number of hydrogen-bond acceptors (Lipinski definition) is 4. The Labute approximate surface area is 117 Å². The van der Waals surface area contributed by atoms with Gasteiger partial charge in [-0.15, -0.1) is 5.10 Å². The lowest BCUT2D eigenvalue weighted by atomic mass is 10.3. The molecule has 1 aromatic heterocycles. The van der Waals surface area contributed by atoms with Gasteiger partial charge in [0.15, 0.2) is 0 Å². The second kappa shape index (κ2) is 6.01. The number of benzene rings is 1. The topological polar surface area (TPSA) is 70.7 Å². The van der Waals surface area contributed by atoms with Crippen LogP contribution in [0.1, 0.15) is 5.82 Å². The maximum absolute atomic E-state index is 11.7. The van der Waals surface area contributed by atoms with Crippen LogP contribution >= 0.6 is 27.7 Å². The summed E-state index contributed by atoms with van der Waals surface area (Å²) in [6.45, 7) is 1.82. The summed E-state index contributed by atoms with van der Waals surface area (Å²) in [5, 5.41) is 10.1. The number of aryl methyl sites for hydroxylation is 1. The molecule has 0 radical (unpaired) electrons. The molecule has 0 aliphatic rings. The number of carbonyl (C=O) groups is 1. The number of thioether (sulfide) groups is 1. The quantitative estimate of drug-likeness (QED) is 0.847. The fraction of sp³-hybridized carbons (Fsp3) is 0.182.